The summed E-state index contributed by atoms with van der Waals surface area (Å²) in [4.78, 5) is 0. The molecule has 5 nitrogen and oxygen atoms in total. The van der Waals surface area contributed by atoms with E-state index in [0.717, 1.165) is 44.5 Å². The van der Waals surface area contributed by atoms with Gasteiger partial charge in [0.2, 0.25) is 0 Å². The van der Waals surface area contributed by atoms with Crippen LogP contribution < -0.4 is 5.32 Å². The topological polar surface area (TPSA) is 64.0 Å². The van der Waals surface area contributed by atoms with Gasteiger partial charge in [-0.3, -0.25) is 4.68 Å². The highest BCUT2D eigenvalue weighted by Gasteiger charge is 2.30. The smallest absolute Gasteiger partial charge is 0.150 e. The quantitative estimate of drug-likeness (QED) is 0.818. The summed E-state index contributed by atoms with van der Waals surface area (Å²) in [7, 11) is -2.94. The van der Waals surface area contributed by atoms with Gasteiger partial charge in [-0.05, 0) is 39.2 Å². The van der Waals surface area contributed by atoms with Gasteiger partial charge < -0.3 is 5.32 Å². The van der Waals surface area contributed by atoms with Gasteiger partial charge in [0.05, 0.1) is 17.0 Å². The van der Waals surface area contributed by atoms with Crippen LogP contribution >= 0.6 is 0 Å². The first-order chi connectivity index (χ1) is 9.91. The largest absolute Gasteiger partial charge is 0.313 e. The molecular formula is C15H27N3O2S. The average molecular weight is 313 g/mol. The van der Waals surface area contributed by atoms with Gasteiger partial charge in [-0.1, -0.05) is 13.3 Å². The first kappa shape index (κ1) is 16.5. The number of aromatic nitrogens is 2. The van der Waals surface area contributed by atoms with Crippen LogP contribution in [-0.2, 0) is 16.4 Å². The van der Waals surface area contributed by atoms with Crippen molar-refractivity contribution in [1.29, 1.82) is 0 Å². The predicted molar refractivity (Wildman–Crippen MR) is 85.1 cm³/mol. The van der Waals surface area contributed by atoms with Gasteiger partial charge >= 0.3 is 0 Å². The van der Waals surface area contributed by atoms with Crippen molar-refractivity contribution in [3.8, 4) is 0 Å². The summed E-state index contributed by atoms with van der Waals surface area (Å²) in [6.07, 6.45) is 8.04. The summed E-state index contributed by atoms with van der Waals surface area (Å²) in [6.45, 7) is 6.01. The molecule has 1 aromatic rings. The van der Waals surface area contributed by atoms with E-state index >= 15 is 0 Å². The third kappa shape index (κ3) is 4.30. The normalized spacial score (nSPS) is 23.4. The van der Waals surface area contributed by atoms with E-state index in [1.165, 1.54) is 11.8 Å². The van der Waals surface area contributed by atoms with E-state index in [9.17, 15) is 8.42 Å². The number of sulfone groups is 1. The SMILES string of the molecule is CCCNCc1cn(C2CCCC(S(C)(=O)=O)C2)nc1C. The van der Waals surface area contributed by atoms with Gasteiger partial charge in [-0.25, -0.2) is 8.42 Å². The highest BCUT2D eigenvalue weighted by atomic mass is 32.2. The highest BCUT2D eigenvalue weighted by molar-refractivity contribution is 7.91. The Labute approximate surface area is 128 Å². The van der Waals surface area contributed by atoms with Gasteiger partial charge in [0.1, 0.15) is 9.84 Å². The lowest BCUT2D eigenvalue weighted by molar-refractivity contribution is 0.328. The summed E-state index contributed by atoms with van der Waals surface area (Å²) in [5.74, 6) is 0. The van der Waals surface area contributed by atoms with E-state index in [0.29, 0.717) is 6.42 Å². The maximum Gasteiger partial charge on any atom is 0.150 e. The van der Waals surface area contributed by atoms with Crippen molar-refractivity contribution in [3.05, 3.63) is 17.5 Å². The van der Waals surface area contributed by atoms with Crippen LogP contribution in [0.3, 0.4) is 0 Å². The van der Waals surface area contributed by atoms with Crippen molar-refractivity contribution >= 4 is 9.84 Å². The molecule has 1 N–H and O–H groups in total. The Hall–Kier alpha value is -0.880. The molecule has 1 aliphatic carbocycles. The van der Waals surface area contributed by atoms with E-state index in [1.54, 1.807) is 0 Å². The lowest BCUT2D eigenvalue weighted by Crippen LogP contribution is -2.29. The van der Waals surface area contributed by atoms with Gasteiger partial charge in [0.15, 0.2) is 0 Å². The molecule has 0 saturated heterocycles. The van der Waals surface area contributed by atoms with Crippen LogP contribution in [0, 0.1) is 6.92 Å². The molecule has 21 heavy (non-hydrogen) atoms. The average Bonchev–Trinajstić information content (AvgIpc) is 2.80. The summed E-state index contributed by atoms with van der Waals surface area (Å²) in [6, 6.07) is 0.220. The molecule has 2 atom stereocenters. The second kappa shape index (κ2) is 6.92. The van der Waals surface area contributed by atoms with E-state index in [1.807, 2.05) is 11.6 Å². The summed E-state index contributed by atoms with van der Waals surface area (Å²) in [5.41, 5.74) is 2.25. The fourth-order valence-electron chi connectivity index (χ4n) is 3.03. The zero-order valence-corrected chi connectivity index (χ0v) is 14.1. The van der Waals surface area contributed by atoms with Gasteiger partial charge in [0, 0.05) is 24.6 Å². The number of hydrogen-bond acceptors (Lipinski definition) is 4. The number of aryl methyl sites for hydroxylation is 1. The monoisotopic (exact) mass is 313 g/mol. The Kier molecular flexibility index (Phi) is 5.43. The van der Waals surface area contributed by atoms with Crippen LogP contribution in [0.15, 0.2) is 6.20 Å². The summed E-state index contributed by atoms with van der Waals surface area (Å²) in [5, 5.41) is 7.80. The third-order valence-electron chi connectivity index (χ3n) is 4.34. The molecule has 120 valence electrons. The molecular weight excluding hydrogens is 286 g/mol. The molecule has 1 heterocycles. The number of nitrogens with zero attached hydrogens (tertiary/aromatic N) is 2. The molecule has 1 fully saturated rings. The van der Waals surface area contributed by atoms with Crippen molar-refractivity contribution in [2.24, 2.45) is 0 Å². The highest BCUT2D eigenvalue weighted by Crippen LogP contribution is 2.32. The van der Waals surface area contributed by atoms with Crippen molar-refractivity contribution in [3.63, 3.8) is 0 Å². The zero-order chi connectivity index (χ0) is 15.5. The molecule has 0 amide bonds. The van der Waals surface area contributed by atoms with Crippen molar-refractivity contribution in [2.75, 3.05) is 12.8 Å². The van der Waals surface area contributed by atoms with Crippen LogP contribution in [0.25, 0.3) is 0 Å². The van der Waals surface area contributed by atoms with Crippen LogP contribution in [0.2, 0.25) is 0 Å². The van der Waals surface area contributed by atoms with Crippen molar-refractivity contribution < 1.29 is 8.42 Å². The second-order valence-electron chi connectivity index (χ2n) is 6.17. The first-order valence-electron chi connectivity index (χ1n) is 7.86. The maximum atomic E-state index is 11.8. The molecule has 1 aromatic heterocycles. The van der Waals surface area contributed by atoms with Gasteiger partial charge in [0.25, 0.3) is 0 Å². The first-order valence-corrected chi connectivity index (χ1v) is 9.81. The number of nitrogens with one attached hydrogen (secondary N) is 1. The molecule has 0 bridgehead atoms. The van der Waals surface area contributed by atoms with Crippen molar-refractivity contribution in [2.45, 2.75) is 63.8 Å². The third-order valence-corrected chi connectivity index (χ3v) is 5.98. The van der Waals surface area contributed by atoms with Crippen LogP contribution in [0.5, 0.6) is 0 Å². The molecule has 0 spiro atoms. The zero-order valence-electron chi connectivity index (χ0n) is 13.3. The molecule has 2 unspecified atom stereocenters. The van der Waals surface area contributed by atoms with E-state index < -0.39 is 9.84 Å². The Morgan fingerprint density at radius 3 is 2.86 bits per heavy atom. The van der Waals surface area contributed by atoms with Crippen LogP contribution in [0.1, 0.15) is 56.3 Å². The fourth-order valence-corrected chi connectivity index (χ4v) is 4.20. The molecule has 1 saturated carbocycles. The number of hydrogen-bond donors (Lipinski definition) is 1. The minimum absolute atomic E-state index is 0.206. The van der Waals surface area contributed by atoms with E-state index in [-0.39, 0.29) is 11.3 Å². The van der Waals surface area contributed by atoms with E-state index in [4.69, 9.17) is 0 Å². The Morgan fingerprint density at radius 1 is 1.43 bits per heavy atom. The Morgan fingerprint density at radius 2 is 2.19 bits per heavy atom. The van der Waals surface area contributed by atoms with E-state index in [2.05, 4.69) is 23.5 Å². The second-order valence-corrected chi connectivity index (χ2v) is 8.49. The molecule has 0 aliphatic heterocycles. The minimum atomic E-state index is -2.94. The molecule has 2 rings (SSSR count). The van der Waals surface area contributed by atoms with Crippen LogP contribution in [-0.4, -0.2) is 36.2 Å². The summed E-state index contributed by atoms with van der Waals surface area (Å²) >= 11 is 0. The number of rotatable bonds is 6. The van der Waals surface area contributed by atoms with Crippen LogP contribution in [0.4, 0.5) is 0 Å². The standard InChI is InChI=1S/C15H27N3O2S/c1-4-8-16-10-13-11-18(17-12(13)2)14-6-5-7-15(9-14)21(3,19)20/h11,14-16H,4-10H2,1-3H3. The minimum Gasteiger partial charge on any atom is -0.313 e. The summed E-state index contributed by atoms with van der Waals surface area (Å²) < 4.78 is 25.5. The lowest BCUT2D eigenvalue weighted by atomic mass is 9.95. The maximum absolute atomic E-state index is 11.8. The van der Waals surface area contributed by atoms with Crippen molar-refractivity contribution in [1.82, 2.24) is 15.1 Å². The Balaban J connectivity index is 2.06. The Bertz CT molecular complexity index is 565. The van der Waals surface area contributed by atoms with Gasteiger partial charge in [-0.15, -0.1) is 0 Å². The predicted octanol–water partition coefficient (Wildman–Crippen LogP) is 2.22. The molecule has 0 radical (unpaired) electrons. The molecule has 1 aliphatic rings. The molecule has 6 heteroatoms. The fraction of sp³-hybridized carbons (Fsp3) is 0.800. The van der Waals surface area contributed by atoms with Gasteiger partial charge in [-0.2, -0.15) is 5.10 Å². The lowest BCUT2D eigenvalue weighted by Gasteiger charge is -2.28. The molecule has 0 aromatic carbocycles.